The summed E-state index contributed by atoms with van der Waals surface area (Å²) in [5, 5.41) is 2.74. The molecule has 0 atom stereocenters. The first-order chi connectivity index (χ1) is 12.8. The van der Waals surface area contributed by atoms with Crippen molar-refractivity contribution < 1.29 is 18.0 Å². The topological polar surface area (TPSA) is 51.1 Å². The van der Waals surface area contributed by atoms with Crippen LogP contribution in [-0.4, -0.2) is 10.5 Å². The zero-order valence-corrected chi connectivity index (χ0v) is 14.0. The van der Waals surface area contributed by atoms with Gasteiger partial charge >= 0.3 is 6.18 Å². The van der Waals surface area contributed by atoms with Crippen LogP contribution in [0.4, 0.5) is 18.9 Å². The van der Waals surface area contributed by atoms with Gasteiger partial charge in [0.25, 0.3) is 11.5 Å². The number of halogens is 3. The Bertz CT molecular complexity index is 994. The van der Waals surface area contributed by atoms with Crippen LogP contribution in [0.15, 0.2) is 77.7 Å². The fourth-order valence-electron chi connectivity index (χ4n) is 2.56. The van der Waals surface area contributed by atoms with Gasteiger partial charge in [-0.2, -0.15) is 13.2 Å². The Morgan fingerprint density at radius 1 is 0.926 bits per heavy atom. The Hall–Kier alpha value is -3.35. The average molecular weight is 372 g/mol. The maximum Gasteiger partial charge on any atom is 0.421 e. The minimum Gasteiger partial charge on any atom is -0.322 e. The van der Waals surface area contributed by atoms with Gasteiger partial charge in [0.15, 0.2) is 0 Å². The summed E-state index contributed by atoms with van der Waals surface area (Å²) >= 11 is 0. The van der Waals surface area contributed by atoms with Crippen LogP contribution in [-0.2, 0) is 12.7 Å². The molecule has 138 valence electrons. The number of hydrogen-bond donors (Lipinski definition) is 1. The minimum absolute atomic E-state index is 0.0245. The smallest absolute Gasteiger partial charge is 0.322 e. The summed E-state index contributed by atoms with van der Waals surface area (Å²) in [4.78, 5) is 24.2. The van der Waals surface area contributed by atoms with Gasteiger partial charge in [-0.15, -0.1) is 0 Å². The number of nitrogens with one attached hydrogen (secondary N) is 1. The highest BCUT2D eigenvalue weighted by Gasteiger charge is 2.34. The number of carbonyl (C=O) groups is 1. The van der Waals surface area contributed by atoms with Crippen molar-refractivity contribution in [2.24, 2.45) is 0 Å². The van der Waals surface area contributed by atoms with Crippen LogP contribution < -0.4 is 10.9 Å². The molecule has 1 heterocycles. The van der Waals surface area contributed by atoms with E-state index in [0.717, 1.165) is 10.6 Å². The first kappa shape index (κ1) is 18.4. The summed E-state index contributed by atoms with van der Waals surface area (Å²) in [7, 11) is 0. The molecule has 0 saturated carbocycles. The second-order valence-electron chi connectivity index (χ2n) is 5.87. The summed E-state index contributed by atoms with van der Waals surface area (Å²) in [5.41, 5.74) is -0.645. The number of pyridine rings is 1. The van der Waals surface area contributed by atoms with Crippen molar-refractivity contribution in [1.82, 2.24) is 4.57 Å². The van der Waals surface area contributed by atoms with Crippen LogP contribution in [0.5, 0.6) is 0 Å². The number of amides is 1. The fraction of sp³-hybridized carbons (Fsp3) is 0.100. The summed E-state index contributed by atoms with van der Waals surface area (Å²) in [6.45, 7) is -0.0245. The quantitative estimate of drug-likeness (QED) is 0.747. The second kappa shape index (κ2) is 7.49. The van der Waals surface area contributed by atoms with Crippen molar-refractivity contribution >= 4 is 11.6 Å². The number of anilines is 1. The van der Waals surface area contributed by atoms with E-state index in [0.29, 0.717) is 16.8 Å². The molecule has 3 rings (SSSR count). The van der Waals surface area contributed by atoms with Gasteiger partial charge in [0.2, 0.25) is 0 Å². The van der Waals surface area contributed by atoms with Gasteiger partial charge in [-0.3, -0.25) is 9.59 Å². The van der Waals surface area contributed by atoms with E-state index >= 15 is 0 Å². The lowest BCUT2D eigenvalue weighted by atomic mass is 10.1. The summed E-state index contributed by atoms with van der Waals surface area (Å²) in [6, 6.07) is 17.2. The van der Waals surface area contributed by atoms with Crippen LogP contribution in [0.1, 0.15) is 21.5 Å². The van der Waals surface area contributed by atoms with E-state index in [1.807, 2.05) is 6.07 Å². The first-order valence-corrected chi connectivity index (χ1v) is 8.06. The molecule has 0 saturated heterocycles. The van der Waals surface area contributed by atoms with E-state index in [4.69, 9.17) is 0 Å². The number of rotatable bonds is 4. The van der Waals surface area contributed by atoms with Crippen molar-refractivity contribution in [3.63, 3.8) is 0 Å². The highest BCUT2D eigenvalue weighted by molar-refractivity contribution is 6.04. The van der Waals surface area contributed by atoms with Crippen molar-refractivity contribution in [2.75, 3.05) is 5.32 Å². The van der Waals surface area contributed by atoms with Crippen LogP contribution >= 0.6 is 0 Å². The van der Waals surface area contributed by atoms with Crippen LogP contribution in [0.3, 0.4) is 0 Å². The van der Waals surface area contributed by atoms with Crippen molar-refractivity contribution in [3.05, 3.63) is 100.0 Å². The molecule has 0 aliphatic carbocycles. The largest absolute Gasteiger partial charge is 0.421 e. The third kappa shape index (κ3) is 4.44. The van der Waals surface area contributed by atoms with Gasteiger partial charge in [-0.05, 0) is 42.0 Å². The van der Waals surface area contributed by atoms with E-state index in [1.165, 1.54) is 12.3 Å². The third-order valence-corrected chi connectivity index (χ3v) is 3.93. The average Bonchev–Trinajstić information content (AvgIpc) is 2.64. The van der Waals surface area contributed by atoms with Gasteiger partial charge in [0.1, 0.15) is 5.56 Å². The molecule has 1 N–H and O–H groups in total. The normalized spacial score (nSPS) is 11.2. The Morgan fingerprint density at radius 2 is 1.59 bits per heavy atom. The maximum absolute atomic E-state index is 12.8. The number of carbonyl (C=O) groups excluding carboxylic acids is 1. The Balaban J connectivity index is 1.75. The van der Waals surface area contributed by atoms with Crippen LogP contribution in [0.25, 0.3) is 0 Å². The molecule has 0 aliphatic heterocycles. The Kier molecular flexibility index (Phi) is 5.12. The molecule has 1 aromatic heterocycles. The maximum atomic E-state index is 12.8. The summed E-state index contributed by atoms with van der Waals surface area (Å²) in [6.07, 6.45) is -3.40. The van der Waals surface area contributed by atoms with Crippen molar-refractivity contribution in [2.45, 2.75) is 12.7 Å². The monoisotopic (exact) mass is 372 g/mol. The van der Waals surface area contributed by atoms with Crippen molar-refractivity contribution in [1.29, 1.82) is 0 Å². The number of hydrogen-bond acceptors (Lipinski definition) is 2. The second-order valence-corrected chi connectivity index (χ2v) is 5.87. The Morgan fingerprint density at radius 3 is 2.22 bits per heavy atom. The number of nitrogens with zero attached hydrogens (tertiary/aromatic N) is 1. The molecule has 0 unspecified atom stereocenters. The fourth-order valence-corrected chi connectivity index (χ4v) is 2.56. The lowest BCUT2D eigenvalue weighted by Gasteiger charge is -2.11. The summed E-state index contributed by atoms with van der Waals surface area (Å²) < 4.78 is 39.5. The Labute approximate surface area is 152 Å². The van der Waals surface area contributed by atoms with E-state index in [-0.39, 0.29) is 12.5 Å². The number of aromatic nitrogens is 1. The number of para-hydroxylation sites is 1. The number of benzene rings is 2. The predicted molar refractivity (Wildman–Crippen MR) is 95.6 cm³/mol. The summed E-state index contributed by atoms with van der Waals surface area (Å²) in [5.74, 6) is -0.302. The molecule has 1 amide bonds. The molecule has 2 aromatic carbocycles. The molecule has 7 heteroatoms. The van der Waals surface area contributed by atoms with Crippen LogP contribution in [0.2, 0.25) is 0 Å². The highest BCUT2D eigenvalue weighted by Crippen LogP contribution is 2.26. The zero-order chi connectivity index (χ0) is 19.4. The van der Waals surface area contributed by atoms with Gasteiger partial charge < -0.3 is 9.88 Å². The number of alkyl halides is 3. The zero-order valence-electron chi connectivity index (χ0n) is 14.0. The van der Waals surface area contributed by atoms with E-state index in [1.54, 1.807) is 48.5 Å². The van der Waals surface area contributed by atoms with E-state index < -0.39 is 17.3 Å². The minimum atomic E-state index is -4.69. The molecule has 0 fully saturated rings. The molecule has 0 radical (unpaired) electrons. The lowest BCUT2D eigenvalue weighted by molar-refractivity contribution is -0.138. The van der Waals surface area contributed by atoms with Crippen molar-refractivity contribution in [3.8, 4) is 0 Å². The molecule has 0 aliphatic rings. The molecule has 3 aromatic rings. The van der Waals surface area contributed by atoms with E-state index in [9.17, 15) is 22.8 Å². The third-order valence-electron chi connectivity index (χ3n) is 3.93. The molecular weight excluding hydrogens is 357 g/mol. The highest BCUT2D eigenvalue weighted by atomic mass is 19.4. The van der Waals surface area contributed by atoms with Gasteiger partial charge in [0, 0.05) is 17.4 Å². The molecule has 0 bridgehead atoms. The molecule has 4 nitrogen and oxygen atoms in total. The standard InChI is InChI=1S/C20H15F3N2O2/c21-20(22,23)17-7-4-12-25(19(17)27)13-14-8-10-15(11-9-14)18(26)24-16-5-2-1-3-6-16/h1-12H,13H2,(H,24,26). The van der Waals surface area contributed by atoms with Gasteiger partial charge in [-0.1, -0.05) is 30.3 Å². The first-order valence-electron chi connectivity index (χ1n) is 8.06. The molecule has 0 spiro atoms. The van der Waals surface area contributed by atoms with Gasteiger partial charge in [-0.25, -0.2) is 0 Å². The van der Waals surface area contributed by atoms with Gasteiger partial charge in [0.05, 0.1) is 6.54 Å². The predicted octanol–water partition coefficient (Wildman–Crippen LogP) is 4.17. The lowest BCUT2D eigenvalue weighted by Crippen LogP contribution is -2.28. The van der Waals surface area contributed by atoms with Crippen LogP contribution in [0, 0.1) is 0 Å². The van der Waals surface area contributed by atoms with E-state index in [2.05, 4.69) is 5.32 Å². The SMILES string of the molecule is O=C(Nc1ccccc1)c1ccc(Cn2cccc(C(F)(F)F)c2=O)cc1. The molecule has 27 heavy (non-hydrogen) atoms. The molecular formula is C20H15F3N2O2.